The second kappa shape index (κ2) is 7.11. The standard InChI is InChI=1S/C15H23NO5S/c1-11-6-8-12(9-7-11)22(18,19)13(10-20-5)16-14(17)21-15(2,3)4/h6-9,13H,10H2,1-5H3,(H,16,17). The Morgan fingerprint density at radius 3 is 2.23 bits per heavy atom. The van der Waals surface area contributed by atoms with Crippen LogP contribution in [0.2, 0.25) is 0 Å². The first kappa shape index (κ1) is 18.4. The number of amides is 1. The van der Waals surface area contributed by atoms with Crippen LogP contribution in [0.5, 0.6) is 0 Å². The lowest BCUT2D eigenvalue weighted by molar-refractivity contribution is 0.0497. The minimum absolute atomic E-state index is 0.121. The maximum atomic E-state index is 12.6. The van der Waals surface area contributed by atoms with Crippen LogP contribution in [0.3, 0.4) is 0 Å². The third-order valence-electron chi connectivity index (χ3n) is 2.72. The summed E-state index contributed by atoms with van der Waals surface area (Å²) in [5, 5.41) is 1.14. The highest BCUT2D eigenvalue weighted by Gasteiger charge is 2.30. The molecule has 1 aromatic rings. The molecule has 0 bridgehead atoms. The van der Waals surface area contributed by atoms with E-state index < -0.39 is 26.9 Å². The van der Waals surface area contributed by atoms with Gasteiger partial charge in [0, 0.05) is 7.11 Å². The molecular weight excluding hydrogens is 306 g/mol. The van der Waals surface area contributed by atoms with E-state index in [2.05, 4.69) is 5.32 Å². The Kier molecular flexibility index (Phi) is 5.96. The first-order valence-electron chi connectivity index (χ1n) is 6.85. The van der Waals surface area contributed by atoms with Crippen LogP contribution in [0, 0.1) is 6.92 Å². The van der Waals surface area contributed by atoms with Gasteiger partial charge in [0.05, 0.1) is 11.5 Å². The van der Waals surface area contributed by atoms with Gasteiger partial charge in [-0.25, -0.2) is 13.2 Å². The zero-order valence-corrected chi connectivity index (χ0v) is 14.4. The highest BCUT2D eigenvalue weighted by atomic mass is 32.2. The van der Waals surface area contributed by atoms with Gasteiger partial charge in [-0.2, -0.15) is 0 Å². The summed E-state index contributed by atoms with van der Waals surface area (Å²) in [6.07, 6.45) is -0.801. The fourth-order valence-corrected chi connectivity index (χ4v) is 3.10. The summed E-state index contributed by atoms with van der Waals surface area (Å²) in [5.41, 5.74) is 0.234. The third kappa shape index (κ3) is 5.31. The molecule has 0 saturated carbocycles. The van der Waals surface area contributed by atoms with E-state index in [1.54, 1.807) is 32.9 Å². The van der Waals surface area contributed by atoms with Crippen molar-refractivity contribution in [3.8, 4) is 0 Å². The molecule has 0 fully saturated rings. The van der Waals surface area contributed by atoms with Gasteiger partial charge in [0.2, 0.25) is 9.84 Å². The molecule has 124 valence electrons. The van der Waals surface area contributed by atoms with Gasteiger partial charge in [0.15, 0.2) is 5.37 Å². The van der Waals surface area contributed by atoms with Crippen molar-refractivity contribution in [3.05, 3.63) is 29.8 Å². The quantitative estimate of drug-likeness (QED) is 0.896. The molecule has 0 aliphatic heterocycles. The van der Waals surface area contributed by atoms with Crippen LogP contribution in [0.1, 0.15) is 26.3 Å². The summed E-state index contributed by atoms with van der Waals surface area (Å²) in [7, 11) is -2.40. The first-order chi connectivity index (χ1) is 10.1. The number of benzene rings is 1. The van der Waals surface area contributed by atoms with E-state index in [0.717, 1.165) is 5.56 Å². The number of carbonyl (C=O) groups is 1. The zero-order valence-electron chi connectivity index (χ0n) is 13.5. The smallest absolute Gasteiger partial charge is 0.408 e. The number of hydrogen-bond donors (Lipinski definition) is 1. The molecule has 1 amide bonds. The maximum Gasteiger partial charge on any atom is 0.408 e. The largest absolute Gasteiger partial charge is 0.444 e. The van der Waals surface area contributed by atoms with Gasteiger partial charge in [-0.15, -0.1) is 0 Å². The van der Waals surface area contributed by atoms with Crippen LogP contribution in [-0.2, 0) is 19.3 Å². The van der Waals surface area contributed by atoms with E-state index in [1.165, 1.54) is 19.2 Å². The van der Waals surface area contributed by atoms with Crippen LogP contribution in [0.25, 0.3) is 0 Å². The monoisotopic (exact) mass is 329 g/mol. The molecule has 0 aliphatic carbocycles. The lowest BCUT2D eigenvalue weighted by atomic mass is 10.2. The molecule has 0 spiro atoms. The maximum absolute atomic E-state index is 12.6. The molecule has 0 aromatic heterocycles. The average Bonchev–Trinajstić information content (AvgIpc) is 2.36. The SMILES string of the molecule is COCC(NC(=O)OC(C)(C)C)S(=O)(=O)c1ccc(C)cc1. The van der Waals surface area contributed by atoms with Gasteiger partial charge >= 0.3 is 6.09 Å². The van der Waals surface area contributed by atoms with E-state index in [-0.39, 0.29) is 11.5 Å². The molecule has 22 heavy (non-hydrogen) atoms. The molecule has 0 radical (unpaired) electrons. The van der Waals surface area contributed by atoms with Crippen LogP contribution in [-0.4, -0.2) is 39.2 Å². The fraction of sp³-hybridized carbons (Fsp3) is 0.533. The highest BCUT2D eigenvalue weighted by molar-refractivity contribution is 7.92. The summed E-state index contributed by atoms with van der Waals surface area (Å²) in [6, 6.07) is 6.41. The Morgan fingerprint density at radius 2 is 1.77 bits per heavy atom. The van der Waals surface area contributed by atoms with E-state index in [1.807, 2.05) is 6.92 Å². The molecule has 1 unspecified atom stereocenters. The van der Waals surface area contributed by atoms with Crippen LogP contribution < -0.4 is 5.32 Å². The van der Waals surface area contributed by atoms with E-state index >= 15 is 0 Å². The zero-order chi connectivity index (χ0) is 17.0. The summed E-state index contributed by atoms with van der Waals surface area (Å²) in [5.74, 6) is 0. The summed E-state index contributed by atoms with van der Waals surface area (Å²) in [4.78, 5) is 11.9. The average molecular weight is 329 g/mol. The van der Waals surface area contributed by atoms with Crippen molar-refractivity contribution in [1.82, 2.24) is 5.32 Å². The summed E-state index contributed by atoms with van der Waals surface area (Å²) in [6.45, 7) is 6.79. The Bertz CT molecular complexity index is 602. The molecule has 0 heterocycles. The highest BCUT2D eigenvalue weighted by Crippen LogP contribution is 2.17. The van der Waals surface area contributed by atoms with Crippen LogP contribution in [0.4, 0.5) is 4.79 Å². The number of ether oxygens (including phenoxy) is 2. The second-order valence-electron chi connectivity index (χ2n) is 5.95. The molecular formula is C15H23NO5S. The Morgan fingerprint density at radius 1 is 1.23 bits per heavy atom. The van der Waals surface area contributed by atoms with Crippen LogP contribution >= 0.6 is 0 Å². The normalized spacial score (nSPS) is 13.5. The fourth-order valence-electron chi connectivity index (χ4n) is 1.69. The van der Waals surface area contributed by atoms with Gasteiger partial charge in [0.25, 0.3) is 0 Å². The molecule has 1 rings (SSSR count). The van der Waals surface area contributed by atoms with Crippen molar-refractivity contribution in [1.29, 1.82) is 0 Å². The van der Waals surface area contributed by atoms with Crippen molar-refractivity contribution in [2.75, 3.05) is 13.7 Å². The molecule has 1 N–H and O–H groups in total. The Labute approximate surface area is 131 Å². The van der Waals surface area contributed by atoms with Gasteiger partial charge < -0.3 is 14.8 Å². The number of nitrogens with one attached hydrogen (secondary N) is 1. The van der Waals surface area contributed by atoms with Gasteiger partial charge in [-0.1, -0.05) is 17.7 Å². The summed E-state index contributed by atoms with van der Waals surface area (Å²) >= 11 is 0. The van der Waals surface area contributed by atoms with Gasteiger partial charge in [-0.3, -0.25) is 0 Å². The predicted octanol–water partition coefficient (Wildman–Crippen LogP) is 2.27. The molecule has 0 saturated heterocycles. The van der Waals surface area contributed by atoms with E-state index in [4.69, 9.17) is 9.47 Å². The number of sulfone groups is 1. The summed E-state index contributed by atoms with van der Waals surface area (Å²) < 4.78 is 35.2. The lowest BCUT2D eigenvalue weighted by Gasteiger charge is -2.23. The van der Waals surface area contributed by atoms with Crippen molar-refractivity contribution in [2.24, 2.45) is 0 Å². The molecule has 1 atom stereocenters. The third-order valence-corrected chi connectivity index (χ3v) is 4.65. The van der Waals surface area contributed by atoms with E-state index in [9.17, 15) is 13.2 Å². The van der Waals surface area contributed by atoms with E-state index in [0.29, 0.717) is 0 Å². The van der Waals surface area contributed by atoms with Crippen molar-refractivity contribution in [3.63, 3.8) is 0 Å². The number of methoxy groups -OCH3 is 1. The minimum atomic E-state index is -3.77. The molecule has 0 aliphatic rings. The van der Waals surface area contributed by atoms with Crippen molar-refractivity contribution < 1.29 is 22.7 Å². The first-order valence-corrected chi connectivity index (χ1v) is 8.40. The number of rotatable bonds is 5. The minimum Gasteiger partial charge on any atom is -0.444 e. The van der Waals surface area contributed by atoms with Crippen LogP contribution in [0.15, 0.2) is 29.2 Å². The number of alkyl carbamates (subject to hydrolysis) is 1. The molecule has 1 aromatic carbocycles. The van der Waals surface area contributed by atoms with Gasteiger partial charge in [-0.05, 0) is 39.8 Å². The van der Waals surface area contributed by atoms with Crippen molar-refractivity contribution >= 4 is 15.9 Å². The number of aryl methyl sites for hydroxylation is 1. The van der Waals surface area contributed by atoms with Gasteiger partial charge in [0.1, 0.15) is 5.60 Å². The lowest BCUT2D eigenvalue weighted by Crippen LogP contribution is -2.45. The predicted molar refractivity (Wildman–Crippen MR) is 83.4 cm³/mol. The Hall–Kier alpha value is -1.60. The number of hydrogen-bond acceptors (Lipinski definition) is 5. The Balaban J connectivity index is 2.98. The second-order valence-corrected chi connectivity index (χ2v) is 8.08. The molecule has 7 heteroatoms. The topological polar surface area (TPSA) is 81.7 Å². The number of carbonyl (C=O) groups excluding carboxylic acids is 1. The molecule has 6 nitrogen and oxygen atoms in total. The van der Waals surface area contributed by atoms with Crippen molar-refractivity contribution in [2.45, 2.75) is 43.6 Å².